The summed E-state index contributed by atoms with van der Waals surface area (Å²) >= 11 is 2.81. The highest BCUT2D eigenvalue weighted by Crippen LogP contribution is 2.14. The fourth-order valence-corrected chi connectivity index (χ4v) is 4.01. The minimum Gasteiger partial charge on any atom is -0.355 e. The van der Waals surface area contributed by atoms with Gasteiger partial charge in [-0.15, -0.1) is 11.8 Å². The zero-order chi connectivity index (χ0) is 19.2. The lowest BCUT2D eigenvalue weighted by atomic mass is 10.1. The largest absolute Gasteiger partial charge is 0.355 e. The Balaban J connectivity index is 1.45. The van der Waals surface area contributed by atoms with E-state index < -0.39 is 0 Å². The van der Waals surface area contributed by atoms with Gasteiger partial charge in [0.1, 0.15) is 10.8 Å². The molecule has 6 nitrogen and oxygen atoms in total. The van der Waals surface area contributed by atoms with E-state index in [1.807, 2.05) is 6.92 Å². The summed E-state index contributed by atoms with van der Waals surface area (Å²) in [6, 6.07) is 7.70. The van der Waals surface area contributed by atoms with Gasteiger partial charge < -0.3 is 5.32 Å². The third kappa shape index (κ3) is 5.36. The summed E-state index contributed by atoms with van der Waals surface area (Å²) < 4.78 is 14.2. The third-order valence-corrected chi connectivity index (χ3v) is 5.79. The second kappa shape index (κ2) is 9.09. The number of nitrogens with zero attached hydrogens (tertiary/aromatic N) is 3. The van der Waals surface area contributed by atoms with E-state index in [0.717, 1.165) is 17.0 Å². The number of hydrogen-bond donors (Lipinski definition) is 1. The summed E-state index contributed by atoms with van der Waals surface area (Å²) in [7, 11) is 0. The fourth-order valence-electron chi connectivity index (χ4n) is 2.41. The quantitative estimate of drug-likeness (QED) is 0.622. The van der Waals surface area contributed by atoms with Gasteiger partial charge in [-0.25, -0.2) is 9.37 Å². The van der Waals surface area contributed by atoms with Crippen LogP contribution in [0.3, 0.4) is 0 Å². The van der Waals surface area contributed by atoms with E-state index in [-0.39, 0.29) is 23.0 Å². The fraction of sp³-hybridized carbons (Fsp3) is 0.333. The summed E-state index contributed by atoms with van der Waals surface area (Å²) in [4.78, 5) is 29.0. The lowest BCUT2D eigenvalue weighted by Crippen LogP contribution is -2.27. The molecule has 0 fully saturated rings. The molecule has 0 unspecified atom stereocenters. The van der Waals surface area contributed by atoms with Crippen LogP contribution in [-0.4, -0.2) is 32.8 Å². The highest BCUT2D eigenvalue weighted by Gasteiger charge is 2.09. The normalized spacial score (nSPS) is 11.0. The SMILES string of the molecule is CCc1nn2c(=O)cc(CSCC(=O)NCCc3ccc(F)cc3)nc2s1. The van der Waals surface area contributed by atoms with Crippen molar-refractivity contribution in [3.63, 3.8) is 0 Å². The van der Waals surface area contributed by atoms with E-state index >= 15 is 0 Å². The summed E-state index contributed by atoms with van der Waals surface area (Å²) in [6.07, 6.45) is 1.41. The number of benzene rings is 1. The van der Waals surface area contributed by atoms with Gasteiger partial charge in [0.2, 0.25) is 10.9 Å². The van der Waals surface area contributed by atoms with E-state index in [9.17, 15) is 14.0 Å². The summed E-state index contributed by atoms with van der Waals surface area (Å²) in [6.45, 7) is 2.48. The van der Waals surface area contributed by atoms with E-state index in [1.165, 1.54) is 45.8 Å². The van der Waals surface area contributed by atoms with Crippen LogP contribution >= 0.6 is 23.1 Å². The number of thioether (sulfide) groups is 1. The van der Waals surface area contributed by atoms with Gasteiger partial charge in [0.15, 0.2) is 0 Å². The number of hydrogen-bond acceptors (Lipinski definition) is 6. The molecule has 9 heteroatoms. The monoisotopic (exact) mass is 406 g/mol. The van der Waals surface area contributed by atoms with Crippen LogP contribution in [0.4, 0.5) is 4.39 Å². The maximum absolute atomic E-state index is 12.8. The van der Waals surface area contributed by atoms with Gasteiger partial charge in [-0.3, -0.25) is 9.59 Å². The highest BCUT2D eigenvalue weighted by molar-refractivity contribution is 7.99. The Morgan fingerprint density at radius 2 is 2.11 bits per heavy atom. The Labute approximate surface area is 163 Å². The van der Waals surface area contributed by atoms with Gasteiger partial charge in [-0.2, -0.15) is 9.61 Å². The first kappa shape index (κ1) is 19.5. The Morgan fingerprint density at radius 1 is 1.33 bits per heavy atom. The standard InChI is InChI=1S/C18H19FN4O2S2/c1-2-16-22-23-17(25)9-14(21-18(23)27-16)10-26-11-15(24)20-8-7-12-3-5-13(19)6-4-12/h3-6,9H,2,7-8,10-11H2,1H3,(H,20,24). The van der Waals surface area contributed by atoms with E-state index in [4.69, 9.17) is 0 Å². The number of amides is 1. The third-order valence-electron chi connectivity index (χ3n) is 3.77. The number of nitrogens with one attached hydrogen (secondary N) is 1. The number of aromatic nitrogens is 3. The zero-order valence-electron chi connectivity index (χ0n) is 14.8. The molecule has 0 aliphatic heterocycles. The molecule has 0 spiro atoms. The van der Waals surface area contributed by atoms with Crippen molar-refractivity contribution in [3.05, 3.63) is 62.8 Å². The zero-order valence-corrected chi connectivity index (χ0v) is 16.4. The molecule has 3 aromatic rings. The molecule has 0 aliphatic rings. The van der Waals surface area contributed by atoms with E-state index in [2.05, 4.69) is 15.4 Å². The number of aryl methyl sites for hydroxylation is 1. The predicted molar refractivity (Wildman–Crippen MR) is 106 cm³/mol. The summed E-state index contributed by atoms with van der Waals surface area (Å²) in [5.41, 5.74) is 1.42. The topological polar surface area (TPSA) is 76.4 Å². The molecule has 0 saturated heterocycles. The summed E-state index contributed by atoms with van der Waals surface area (Å²) in [5, 5.41) is 7.91. The Hall–Kier alpha value is -2.26. The van der Waals surface area contributed by atoms with Gasteiger partial charge in [0.05, 0.1) is 11.4 Å². The molecule has 142 valence electrons. The van der Waals surface area contributed by atoms with Crippen LogP contribution in [0.15, 0.2) is 35.1 Å². The van der Waals surface area contributed by atoms with Crippen LogP contribution in [0.1, 0.15) is 23.2 Å². The minimum atomic E-state index is -0.269. The second-order valence-corrected chi connectivity index (χ2v) is 7.87. The van der Waals surface area contributed by atoms with Gasteiger partial charge in [-0.1, -0.05) is 30.4 Å². The van der Waals surface area contributed by atoms with Crippen molar-refractivity contribution in [2.45, 2.75) is 25.5 Å². The van der Waals surface area contributed by atoms with Crippen molar-refractivity contribution in [2.75, 3.05) is 12.3 Å². The average molecular weight is 407 g/mol. The Bertz CT molecular complexity index is 985. The number of halogens is 1. The van der Waals surface area contributed by atoms with Crippen LogP contribution in [0.5, 0.6) is 0 Å². The molecule has 1 N–H and O–H groups in total. The first-order chi connectivity index (χ1) is 13.0. The van der Waals surface area contributed by atoms with E-state index in [0.29, 0.717) is 29.4 Å². The molecular weight excluding hydrogens is 387 g/mol. The predicted octanol–water partition coefficient (Wildman–Crippen LogP) is 2.44. The van der Waals surface area contributed by atoms with Crippen LogP contribution in [0.25, 0.3) is 4.96 Å². The average Bonchev–Trinajstić information content (AvgIpc) is 3.07. The molecule has 1 aromatic carbocycles. The number of carbonyl (C=O) groups excluding carboxylic acids is 1. The van der Waals surface area contributed by atoms with Crippen molar-refractivity contribution >= 4 is 34.0 Å². The Kier molecular flexibility index (Phi) is 6.57. The first-order valence-corrected chi connectivity index (χ1v) is 10.5. The van der Waals surface area contributed by atoms with Crippen LogP contribution in [0.2, 0.25) is 0 Å². The van der Waals surface area contributed by atoms with Crippen molar-refractivity contribution in [2.24, 2.45) is 0 Å². The van der Waals surface area contributed by atoms with Gasteiger partial charge in [0, 0.05) is 18.4 Å². The number of carbonyl (C=O) groups is 1. The van der Waals surface area contributed by atoms with Gasteiger partial charge in [0.25, 0.3) is 5.56 Å². The first-order valence-electron chi connectivity index (χ1n) is 8.52. The van der Waals surface area contributed by atoms with Crippen molar-refractivity contribution in [3.8, 4) is 0 Å². The molecule has 3 rings (SSSR count). The molecule has 0 aliphatic carbocycles. The van der Waals surface area contributed by atoms with Crippen LogP contribution in [-0.2, 0) is 23.4 Å². The van der Waals surface area contributed by atoms with Gasteiger partial charge >= 0.3 is 0 Å². The molecule has 0 atom stereocenters. The lowest BCUT2D eigenvalue weighted by Gasteiger charge is -2.05. The number of fused-ring (bicyclic) bond motifs is 1. The van der Waals surface area contributed by atoms with Crippen molar-refractivity contribution < 1.29 is 9.18 Å². The van der Waals surface area contributed by atoms with Crippen LogP contribution < -0.4 is 10.9 Å². The molecule has 27 heavy (non-hydrogen) atoms. The highest BCUT2D eigenvalue weighted by atomic mass is 32.2. The Morgan fingerprint density at radius 3 is 2.85 bits per heavy atom. The smallest absolute Gasteiger partial charge is 0.275 e. The van der Waals surface area contributed by atoms with Crippen LogP contribution in [0, 0.1) is 5.82 Å². The molecule has 0 radical (unpaired) electrons. The molecule has 0 saturated carbocycles. The van der Waals surface area contributed by atoms with E-state index in [1.54, 1.807) is 12.1 Å². The molecule has 2 aromatic heterocycles. The maximum atomic E-state index is 12.8. The van der Waals surface area contributed by atoms with Crippen molar-refractivity contribution in [1.29, 1.82) is 0 Å². The summed E-state index contributed by atoms with van der Waals surface area (Å²) in [5.74, 6) is 0.421. The molecular formula is C18H19FN4O2S2. The molecule has 2 heterocycles. The lowest BCUT2D eigenvalue weighted by molar-refractivity contribution is -0.118. The minimum absolute atomic E-state index is 0.0778. The maximum Gasteiger partial charge on any atom is 0.275 e. The second-order valence-electron chi connectivity index (χ2n) is 5.85. The van der Waals surface area contributed by atoms with Crippen molar-refractivity contribution in [1.82, 2.24) is 19.9 Å². The van der Waals surface area contributed by atoms with Gasteiger partial charge in [-0.05, 0) is 30.5 Å². The molecule has 0 bridgehead atoms. The number of rotatable bonds is 8. The molecule has 1 amide bonds.